The van der Waals surface area contributed by atoms with Crippen LogP contribution in [-0.4, -0.2) is 22.6 Å². The van der Waals surface area contributed by atoms with Crippen molar-refractivity contribution in [1.82, 2.24) is 9.47 Å². The Morgan fingerprint density at radius 1 is 1.08 bits per heavy atom. The SMILES string of the molecule is O=c1oc2ccccc2n1[C@@H]1CCCN(Cc2c(F)cccc2F)C1. The van der Waals surface area contributed by atoms with E-state index in [0.717, 1.165) is 24.9 Å². The van der Waals surface area contributed by atoms with E-state index in [-0.39, 0.29) is 23.9 Å². The number of halogens is 2. The molecule has 1 fully saturated rings. The molecule has 0 spiro atoms. The van der Waals surface area contributed by atoms with Crippen molar-refractivity contribution >= 4 is 11.1 Å². The second-order valence-electron chi connectivity index (χ2n) is 6.44. The molecule has 1 aliphatic rings. The van der Waals surface area contributed by atoms with Crippen molar-refractivity contribution < 1.29 is 13.2 Å². The highest BCUT2D eigenvalue weighted by Gasteiger charge is 2.26. The number of para-hydroxylation sites is 2. The number of hydrogen-bond acceptors (Lipinski definition) is 3. The van der Waals surface area contributed by atoms with Crippen molar-refractivity contribution in [3.05, 3.63) is 70.2 Å². The van der Waals surface area contributed by atoms with Crippen molar-refractivity contribution in [3.8, 4) is 0 Å². The zero-order valence-electron chi connectivity index (χ0n) is 13.6. The van der Waals surface area contributed by atoms with Gasteiger partial charge in [-0.15, -0.1) is 0 Å². The van der Waals surface area contributed by atoms with Crippen molar-refractivity contribution in [2.45, 2.75) is 25.4 Å². The summed E-state index contributed by atoms with van der Waals surface area (Å²) >= 11 is 0. The molecule has 6 heteroatoms. The Kier molecular flexibility index (Phi) is 4.13. The summed E-state index contributed by atoms with van der Waals surface area (Å²) in [6, 6.07) is 11.1. The van der Waals surface area contributed by atoms with E-state index < -0.39 is 11.6 Å². The summed E-state index contributed by atoms with van der Waals surface area (Å²) < 4.78 is 34.8. The molecule has 0 unspecified atom stereocenters. The first-order valence-electron chi connectivity index (χ1n) is 8.39. The van der Waals surface area contributed by atoms with Crippen molar-refractivity contribution in [1.29, 1.82) is 0 Å². The van der Waals surface area contributed by atoms with Crippen molar-refractivity contribution in [2.24, 2.45) is 0 Å². The zero-order valence-corrected chi connectivity index (χ0v) is 13.6. The minimum absolute atomic E-state index is 0.0697. The molecule has 1 atom stereocenters. The van der Waals surface area contributed by atoms with Crippen LogP contribution in [0.1, 0.15) is 24.4 Å². The number of hydrogen-bond donors (Lipinski definition) is 0. The summed E-state index contributed by atoms with van der Waals surface area (Å²) in [5.41, 5.74) is 1.40. The van der Waals surface area contributed by atoms with Crippen LogP contribution in [-0.2, 0) is 6.54 Å². The van der Waals surface area contributed by atoms with Gasteiger partial charge in [-0.25, -0.2) is 13.6 Å². The topological polar surface area (TPSA) is 38.4 Å². The number of nitrogens with zero attached hydrogens (tertiary/aromatic N) is 2. The predicted molar refractivity (Wildman–Crippen MR) is 90.4 cm³/mol. The molecule has 25 heavy (non-hydrogen) atoms. The lowest BCUT2D eigenvalue weighted by molar-refractivity contribution is 0.164. The Bertz CT molecular complexity index is 943. The van der Waals surface area contributed by atoms with E-state index in [9.17, 15) is 13.6 Å². The van der Waals surface area contributed by atoms with Gasteiger partial charge in [0.15, 0.2) is 5.58 Å². The van der Waals surface area contributed by atoms with Crippen molar-refractivity contribution in [2.75, 3.05) is 13.1 Å². The Labute approximate surface area is 143 Å². The quantitative estimate of drug-likeness (QED) is 0.727. The first-order valence-corrected chi connectivity index (χ1v) is 8.39. The molecule has 2 aromatic carbocycles. The van der Waals surface area contributed by atoms with Crippen LogP contribution >= 0.6 is 0 Å². The molecule has 4 nitrogen and oxygen atoms in total. The molecular formula is C19H18F2N2O2. The summed E-state index contributed by atoms with van der Waals surface area (Å²) in [5, 5.41) is 0. The summed E-state index contributed by atoms with van der Waals surface area (Å²) in [6.45, 7) is 1.49. The van der Waals surface area contributed by atoms with Crippen LogP contribution in [0.15, 0.2) is 51.7 Å². The largest absolute Gasteiger partial charge is 0.420 e. The number of rotatable bonds is 3. The van der Waals surface area contributed by atoms with Gasteiger partial charge in [-0.05, 0) is 43.7 Å². The molecule has 130 valence electrons. The molecule has 4 rings (SSSR count). The Hall–Kier alpha value is -2.47. The van der Waals surface area contributed by atoms with E-state index in [1.54, 1.807) is 10.6 Å². The van der Waals surface area contributed by atoms with Gasteiger partial charge >= 0.3 is 5.76 Å². The third-order valence-corrected chi connectivity index (χ3v) is 4.81. The highest BCUT2D eigenvalue weighted by atomic mass is 19.1. The lowest BCUT2D eigenvalue weighted by Crippen LogP contribution is -2.38. The number of benzene rings is 2. The second-order valence-corrected chi connectivity index (χ2v) is 6.44. The lowest BCUT2D eigenvalue weighted by Gasteiger charge is -2.33. The highest BCUT2D eigenvalue weighted by Crippen LogP contribution is 2.26. The maximum absolute atomic E-state index is 13.9. The number of likely N-dealkylation sites (tertiary alicyclic amines) is 1. The van der Waals surface area contributed by atoms with Gasteiger partial charge in [0.1, 0.15) is 11.6 Å². The van der Waals surface area contributed by atoms with Crippen LogP contribution in [0.3, 0.4) is 0 Å². The first kappa shape index (κ1) is 16.0. The zero-order chi connectivity index (χ0) is 17.4. The van der Waals surface area contributed by atoms with E-state index in [1.165, 1.54) is 18.2 Å². The van der Waals surface area contributed by atoms with Gasteiger partial charge in [0.2, 0.25) is 0 Å². The molecular weight excluding hydrogens is 326 g/mol. The maximum atomic E-state index is 13.9. The number of fused-ring (bicyclic) bond motifs is 1. The Balaban J connectivity index is 1.61. The monoisotopic (exact) mass is 344 g/mol. The molecule has 0 amide bonds. The van der Waals surface area contributed by atoms with Crippen LogP contribution in [0.25, 0.3) is 11.1 Å². The van der Waals surface area contributed by atoms with Crippen LogP contribution in [0, 0.1) is 11.6 Å². The molecule has 0 N–H and O–H groups in total. The molecule has 1 aliphatic heterocycles. The average molecular weight is 344 g/mol. The van der Waals surface area contributed by atoms with Crippen molar-refractivity contribution in [3.63, 3.8) is 0 Å². The summed E-state index contributed by atoms with van der Waals surface area (Å²) in [5.74, 6) is -1.45. The van der Waals surface area contributed by atoms with Gasteiger partial charge in [0.05, 0.1) is 11.6 Å². The van der Waals surface area contributed by atoms with Gasteiger partial charge in [0.25, 0.3) is 0 Å². The summed E-state index contributed by atoms with van der Waals surface area (Å²) in [6.07, 6.45) is 1.69. The van der Waals surface area contributed by atoms with E-state index in [2.05, 4.69) is 0 Å². The van der Waals surface area contributed by atoms with Gasteiger partial charge in [-0.3, -0.25) is 9.47 Å². The Morgan fingerprint density at radius 3 is 2.64 bits per heavy atom. The number of piperidine rings is 1. The normalized spacial score (nSPS) is 18.7. The fourth-order valence-electron chi connectivity index (χ4n) is 3.62. The van der Waals surface area contributed by atoms with E-state index in [4.69, 9.17) is 4.42 Å². The van der Waals surface area contributed by atoms with Gasteiger partial charge in [0, 0.05) is 18.7 Å². The molecule has 1 aromatic heterocycles. The molecule has 0 aliphatic carbocycles. The molecule has 1 saturated heterocycles. The minimum Gasteiger partial charge on any atom is -0.408 e. The number of aromatic nitrogens is 1. The summed E-state index contributed by atoms with van der Waals surface area (Å²) in [4.78, 5) is 14.3. The van der Waals surface area contributed by atoms with Gasteiger partial charge in [-0.2, -0.15) is 0 Å². The highest BCUT2D eigenvalue weighted by molar-refractivity contribution is 5.72. The van der Waals surface area contributed by atoms with E-state index in [1.807, 2.05) is 23.1 Å². The van der Waals surface area contributed by atoms with Crippen LogP contribution in [0.2, 0.25) is 0 Å². The molecule has 3 aromatic rings. The van der Waals surface area contributed by atoms with Crippen LogP contribution < -0.4 is 5.76 Å². The molecule has 2 heterocycles. The number of oxazole rings is 1. The third-order valence-electron chi connectivity index (χ3n) is 4.81. The first-order chi connectivity index (χ1) is 12.1. The smallest absolute Gasteiger partial charge is 0.408 e. The standard InChI is InChI=1S/C19H18F2N2O2/c20-15-6-3-7-16(21)14(15)12-22-10-4-5-13(11-22)23-17-8-1-2-9-18(17)25-19(23)24/h1-3,6-9,13H,4-5,10-12H2/t13-/m1/s1. The fraction of sp³-hybridized carbons (Fsp3) is 0.316. The van der Waals surface area contributed by atoms with Gasteiger partial charge in [-0.1, -0.05) is 18.2 Å². The van der Waals surface area contributed by atoms with Crippen LogP contribution in [0.4, 0.5) is 8.78 Å². The minimum atomic E-state index is -0.534. The fourth-order valence-corrected chi connectivity index (χ4v) is 3.62. The van der Waals surface area contributed by atoms with Gasteiger partial charge < -0.3 is 4.42 Å². The molecule has 0 radical (unpaired) electrons. The van der Waals surface area contributed by atoms with Crippen LogP contribution in [0.5, 0.6) is 0 Å². The van der Waals surface area contributed by atoms with E-state index in [0.29, 0.717) is 12.1 Å². The third kappa shape index (κ3) is 2.98. The average Bonchev–Trinajstić information content (AvgIpc) is 2.94. The second kappa shape index (κ2) is 6.44. The molecule has 0 saturated carbocycles. The maximum Gasteiger partial charge on any atom is 0.420 e. The van der Waals surface area contributed by atoms with E-state index >= 15 is 0 Å². The Morgan fingerprint density at radius 2 is 1.84 bits per heavy atom. The lowest BCUT2D eigenvalue weighted by atomic mass is 10.0. The molecule has 0 bridgehead atoms. The summed E-state index contributed by atoms with van der Waals surface area (Å²) in [7, 11) is 0. The predicted octanol–water partition coefficient (Wildman–Crippen LogP) is 3.71.